The van der Waals surface area contributed by atoms with Crippen LogP contribution in [0.2, 0.25) is 0 Å². The van der Waals surface area contributed by atoms with Gasteiger partial charge in [0.1, 0.15) is 0 Å². The van der Waals surface area contributed by atoms with Crippen LogP contribution in [-0.2, 0) is 10.8 Å². The molecular weight excluding hydrogens is 577 g/mol. The lowest BCUT2D eigenvalue weighted by Crippen LogP contribution is -2.18. The van der Waals surface area contributed by atoms with Crippen LogP contribution in [0.15, 0.2) is 139 Å². The molecule has 5 aromatic rings. The zero-order chi connectivity index (χ0) is 34.4. The number of allylic oxidation sites excluding steroid dienone is 4. The lowest BCUT2D eigenvalue weighted by Gasteiger charge is -2.26. The van der Waals surface area contributed by atoms with E-state index in [4.69, 9.17) is 0 Å². The predicted molar refractivity (Wildman–Crippen MR) is 216 cm³/mol. The summed E-state index contributed by atoms with van der Waals surface area (Å²) in [4.78, 5) is 0. The van der Waals surface area contributed by atoms with E-state index in [1.165, 1.54) is 72.4 Å². The van der Waals surface area contributed by atoms with Gasteiger partial charge in [0, 0.05) is 10.8 Å². The third-order valence-electron chi connectivity index (χ3n) is 9.46. The highest BCUT2D eigenvalue weighted by Gasteiger charge is 2.41. The molecule has 0 radical (unpaired) electrons. The third kappa shape index (κ3) is 6.64. The number of rotatable bonds is 2. The van der Waals surface area contributed by atoms with Crippen molar-refractivity contribution in [1.82, 2.24) is 0 Å². The average molecular weight is 635 g/mol. The van der Waals surface area contributed by atoms with Crippen molar-refractivity contribution in [3.05, 3.63) is 161 Å². The zero-order valence-corrected chi connectivity index (χ0v) is 30.6. The Morgan fingerprint density at radius 1 is 0.417 bits per heavy atom. The van der Waals surface area contributed by atoms with Crippen LogP contribution in [0.5, 0.6) is 0 Å². The lowest BCUT2D eigenvalue weighted by atomic mass is 9.77. The van der Waals surface area contributed by atoms with E-state index in [2.05, 4.69) is 162 Å². The monoisotopic (exact) mass is 634 g/mol. The molecular formula is C48H58. The highest BCUT2D eigenvalue weighted by atomic mass is 14.4. The summed E-state index contributed by atoms with van der Waals surface area (Å²) in [5, 5.41) is 0. The summed E-state index contributed by atoms with van der Waals surface area (Å²) in [6.07, 6.45) is 2.34. The molecule has 0 heterocycles. The highest BCUT2D eigenvalue weighted by Crippen LogP contribution is 2.55. The first-order valence-corrected chi connectivity index (χ1v) is 17.7. The normalized spacial score (nSPS) is 14.4. The molecule has 0 unspecified atom stereocenters. The van der Waals surface area contributed by atoms with Crippen molar-refractivity contribution >= 4 is 5.57 Å². The zero-order valence-electron chi connectivity index (χ0n) is 30.6. The van der Waals surface area contributed by atoms with Gasteiger partial charge in [-0.3, -0.25) is 0 Å². The largest absolute Gasteiger partial charge is 0.0776 e. The van der Waals surface area contributed by atoms with Crippen molar-refractivity contribution in [3.63, 3.8) is 0 Å². The quantitative estimate of drug-likeness (QED) is 0.181. The second kappa shape index (κ2) is 16.1. The maximum Gasteiger partial charge on any atom is 0.0159 e. The molecule has 0 aliphatic heterocycles. The van der Waals surface area contributed by atoms with Gasteiger partial charge in [0.25, 0.3) is 0 Å². The van der Waals surface area contributed by atoms with Gasteiger partial charge in [-0.1, -0.05) is 198 Å². The van der Waals surface area contributed by atoms with Crippen molar-refractivity contribution in [2.75, 3.05) is 0 Å². The minimum absolute atomic E-state index is 0. The fourth-order valence-electron chi connectivity index (χ4n) is 7.19. The maximum absolute atomic E-state index is 2.38. The van der Waals surface area contributed by atoms with Gasteiger partial charge >= 0.3 is 0 Å². The molecule has 0 fully saturated rings. The van der Waals surface area contributed by atoms with E-state index in [0.717, 1.165) is 0 Å². The summed E-state index contributed by atoms with van der Waals surface area (Å²) in [7, 11) is 0. The minimum Gasteiger partial charge on any atom is -0.0776 e. The third-order valence-corrected chi connectivity index (χ3v) is 9.46. The molecule has 0 saturated heterocycles. The van der Waals surface area contributed by atoms with Gasteiger partial charge in [0.05, 0.1) is 0 Å². The first-order chi connectivity index (χ1) is 22.8. The fraction of sp³-hybridized carbons (Fsp3) is 0.292. The molecule has 5 aromatic carbocycles. The number of fused-ring (bicyclic) bond motifs is 5. The molecule has 250 valence electrons. The van der Waals surface area contributed by atoms with Crippen LogP contribution in [0.3, 0.4) is 0 Å². The fourth-order valence-corrected chi connectivity index (χ4v) is 7.19. The van der Waals surface area contributed by atoms with Crippen LogP contribution in [0, 0.1) is 0 Å². The molecule has 0 amide bonds. The van der Waals surface area contributed by atoms with Crippen molar-refractivity contribution in [2.24, 2.45) is 0 Å². The molecule has 0 aromatic heterocycles. The summed E-state index contributed by atoms with van der Waals surface area (Å²) in [5.41, 5.74) is 18.5. The summed E-state index contributed by atoms with van der Waals surface area (Å²) in [6.45, 7) is 23.5. The molecule has 0 nitrogen and oxygen atoms in total. The molecule has 0 N–H and O–H groups in total. The summed E-state index contributed by atoms with van der Waals surface area (Å²) >= 11 is 0. The van der Waals surface area contributed by atoms with E-state index in [1.807, 2.05) is 41.5 Å². The van der Waals surface area contributed by atoms with E-state index < -0.39 is 0 Å². The Morgan fingerprint density at radius 3 is 1.54 bits per heavy atom. The Kier molecular flexibility index (Phi) is 12.8. The van der Waals surface area contributed by atoms with Crippen molar-refractivity contribution in [3.8, 4) is 33.4 Å². The van der Waals surface area contributed by atoms with Crippen LogP contribution >= 0.6 is 0 Å². The first-order valence-electron chi connectivity index (χ1n) is 17.7. The number of hydrogen-bond acceptors (Lipinski definition) is 0. The van der Waals surface area contributed by atoms with Crippen LogP contribution in [0.4, 0.5) is 0 Å². The Labute approximate surface area is 293 Å². The second-order valence-corrected chi connectivity index (χ2v) is 12.6. The van der Waals surface area contributed by atoms with Gasteiger partial charge in [0.15, 0.2) is 0 Å². The molecule has 0 atom stereocenters. The number of hydrogen-bond donors (Lipinski definition) is 0. The smallest absolute Gasteiger partial charge is 0.0159 e. The summed E-state index contributed by atoms with van der Waals surface area (Å²) in [6, 6.07) is 43.8. The Bertz CT molecular complexity index is 1860. The topological polar surface area (TPSA) is 0 Å². The van der Waals surface area contributed by atoms with Gasteiger partial charge in [-0.05, 0) is 85.3 Å². The Hall–Kier alpha value is -4.42. The Balaban J connectivity index is 0.000000222. The van der Waals surface area contributed by atoms with E-state index in [0.29, 0.717) is 0 Å². The molecule has 0 bridgehead atoms. The molecule has 0 heteroatoms. The SMILES string of the molecule is C.CC.CC.CC.CC1(C)c2ccccc2-c2c(-c3ccccc3)cccc21.CC1=CC2=C1c1ccc(-c3ccccc3)cc1C2(C)C. The van der Waals surface area contributed by atoms with Gasteiger partial charge in [-0.25, -0.2) is 0 Å². The van der Waals surface area contributed by atoms with Crippen LogP contribution < -0.4 is 0 Å². The molecule has 0 saturated carbocycles. The van der Waals surface area contributed by atoms with E-state index >= 15 is 0 Å². The van der Waals surface area contributed by atoms with Gasteiger partial charge < -0.3 is 0 Å². The standard InChI is InChI=1S/C21H18.C20H18.3C2H6.CH4/c1-21(2)18-13-7-6-11-17(18)20-16(12-8-14-19(20)21)15-9-4-3-5-10-15;1-13-11-18-19(13)16-10-9-15(12-17(16)20(18,2)3)14-7-5-4-6-8-14;3*1-2;/h3-14H,1-2H3;4-12H,1-3H3;3*1-2H3;1H4. The van der Waals surface area contributed by atoms with Crippen molar-refractivity contribution in [1.29, 1.82) is 0 Å². The predicted octanol–water partition coefficient (Wildman–Crippen LogP) is 14.7. The summed E-state index contributed by atoms with van der Waals surface area (Å²) < 4.78 is 0. The van der Waals surface area contributed by atoms with E-state index in [-0.39, 0.29) is 18.3 Å². The molecule has 3 aliphatic carbocycles. The van der Waals surface area contributed by atoms with Gasteiger partial charge in [-0.2, -0.15) is 0 Å². The van der Waals surface area contributed by atoms with E-state index in [1.54, 1.807) is 0 Å². The molecule has 3 aliphatic rings. The maximum atomic E-state index is 2.38. The lowest BCUT2D eigenvalue weighted by molar-refractivity contribution is 0.651. The molecule has 48 heavy (non-hydrogen) atoms. The van der Waals surface area contributed by atoms with Gasteiger partial charge in [-0.15, -0.1) is 0 Å². The molecule has 8 rings (SSSR count). The molecule has 0 spiro atoms. The first kappa shape index (κ1) is 38.0. The van der Waals surface area contributed by atoms with Crippen molar-refractivity contribution < 1.29 is 0 Å². The van der Waals surface area contributed by atoms with Crippen LogP contribution in [0.1, 0.15) is 106 Å². The highest BCUT2D eigenvalue weighted by molar-refractivity contribution is 5.97. The van der Waals surface area contributed by atoms with Crippen LogP contribution in [-0.4, -0.2) is 0 Å². The van der Waals surface area contributed by atoms with Gasteiger partial charge in [0.2, 0.25) is 0 Å². The van der Waals surface area contributed by atoms with Crippen molar-refractivity contribution in [2.45, 2.75) is 94.4 Å². The second-order valence-electron chi connectivity index (χ2n) is 12.6. The van der Waals surface area contributed by atoms with E-state index in [9.17, 15) is 0 Å². The minimum atomic E-state index is 0. The average Bonchev–Trinajstić information content (AvgIpc) is 3.47. The summed E-state index contributed by atoms with van der Waals surface area (Å²) in [5.74, 6) is 0. The number of benzene rings is 5. The van der Waals surface area contributed by atoms with Crippen LogP contribution in [0.25, 0.3) is 39.0 Å². The Morgan fingerprint density at radius 2 is 0.938 bits per heavy atom.